The lowest BCUT2D eigenvalue weighted by atomic mass is 10.0. The summed E-state index contributed by atoms with van der Waals surface area (Å²) in [6.07, 6.45) is -4.37. The van der Waals surface area contributed by atoms with Crippen LogP contribution in [0.15, 0.2) is 23.0 Å². The summed E-state index contributed by atoms with van der Waals surface area (Å²) in [5, 5.41) is 9.55. The van der Waals surface area contributed by atoms with Crippen LogP contribution in [0.1, 0.15) is 28.2 Å². The quantitative estimate of drug-likeness (QED) is 0.881. The van der Waals surface area contributed by atoms with Gasteiger partial charge < -0.3 is 10.1 Å². The Bertz CT molecular complexity index is 830. The zero-order chi connectivity index (χ0) is 17.5. The van der Waals surface area contributed by atoms with E-state index in [1.807, 2.05) is 16.0 Å². The van der Waals surface area contributed by atoms with Crippen molar-refractivity contribution in [2.24, 2.45) is 0 Å². The lowest BCUT2D eigenvalue weighted by molar-refractivity contribution is -0.145. The summed E-state index contributed by atoms with van der Waals surface area (Å²) in [6.45, 7) is 3.09. The Labute approximate surface area is 135 Å². The molecule has 0 bridgehead atoms. The number of hydrogen-bond donors (Lipinski definition) is 2. The van der Waals surface area contributed by atoms with Crippen molar-refractivity contribution in [3.05, 3.63) is 56.8 Å². The van der Waals surface area contributed by atoms with Crippen molar-refractivity contribution < 1.29 is 18.3 Å². The van der Waals surface area contributed by atoms with Crippen molar-refractivity contribution in [1.82, 2.24) is 14.9 Å². The summed E-state index contributed by atoms with van der Waals surface area (Å²) in [6, 6.07) is 5.24. The second-order valence-corrected chi connectivity index (χ2v) is 5.92. The van der Waals surface area contributed by atoms with Gasteiger partial charge in [-0.15, -0.1) is 0 Å². The highest BCUT2D eigenvalue weighted by atomic mass is 19.4. The number of aromatic nitrogens is 2. The van der Waals surface area contributed by atoms with Crippen molar-refractivity contribution in [2.45, 2.75) is 32.6 Å². The molecular formula is C16H16F3N3O2. The van der Waals surface area contributed by atoms with Crippen LogP contribution in [0.5, 0.6) is 5.75 Å². The highest BCUT2D eigenvalue weighted by Gasteiger charge is 2.35. The van der Waals surface area contributed by atoms with Gasteiger partial charge in [0.2, 0.25) is 5.82 Å². The van der Waals surface area contributed by atoms with E-state index in [0.717, 1.165) is 11.1 Å². The Morgan fingerprint density at radius 2 is 2.12 bits per heavy atom. The van der Waals surface area contributed by atoms with E-state index in [2.05, 4.69) is 4.98 Å². The number of alkyl halides is 3. The molecule has 2 aromatic rings. The Morgan fingerprint density at radius 1 is 1.38 bits per heavy atom. The zero-order valence-corrected chi connectivity index (χ0v) is 12.9. The van der Waals surface area contributed by atoms with Crippen LogP contribution >= 0.6 is 0 Å². The fourth-order valence-electron chi connectivity index (χ4n) is 2.82. The number of nitrogens with zero attached hydrogens (tertiary/aromatic N) is 2. The van der Waals surface area contributed by atoms with Crippen molar-refractivity contribution in [1.29, 1.82) is 0 Å². The molecule has 1 aliphatic heterocycles. The molecule has 3 rings (SSSR count). The summed E-state index contributed by atoms with van der Waals surface area (Å²) in [4.78, 5) is 19.3. The number of phenols is 1. The van der Waals surface area contributed by atoms with Crippen molar-refractivity contribution >= 4 is 0 Å². The number of aromatic amines is 1. The lowest BCUT2D eigenvalue weighted by Gasteiger charge is -2.28. The topological polar surface area (TPSA) is 69.2 Å². The minimum absolute atomic E-state index is 0.211. The van der Waals surface area contributed by atoms with Gasteiger partial charge in [0.15, 0.2) is 0 Å². The first-order valence-corrected chi connectivity index (χ1v) is 7.44. The number of aromatic hydroxyl groups is 1. The van der Waals surface area contributed by atoms with Gasteiger partial charge in [-0.25, -0.2) is 4.98 Å². The molecule has 1 aromatic heterocycles. The number of nitrogens with one attached hydrogen (secondary N) is 1. The average molecular weight is 339 g/mol. The summed E-state index contributed by atoms with van der Waals surface area (Å²) in [5.74, 6) is -1.03. The van der Waals surface area contributed by atoms with E-state index in [9.17, 15) is 23.1 Å². The largest absolute Gasteiger partial charge is 0.508 e. The molecule has 2 N–H and O–H groups in total. The fourth-order valence-corrected chi connectivity index (χ4v) is 2.82. The number of halogens is 3. The molecule has 0 radical (unpaired) electrons. The number of aryl methyl sites for hydroxylation is 1. The number of hydrogen-bond acceptors (Lipinski definition) is 4. The lowest BCUT2D eigenvalue weighted by Crippen LogP contribution is -2.36. The number of H-pyrrole nitrogens is 1. The second-order valence-electron chi connectivity index (χ2n) is 5.92. The molecule has 2 heterocycles. The van der Waals surface area contributed by atoms with Crippen LogP contribution in [0.2, 0.25) is 0 Å². The molecule has 0 amide bonds. The van der Waals surface area contributed by atoms with Gasteiger partial charge in [-0.1, -0.05) is 12.1 Å². The molecule has 0 aliphatic carbocycles. The Balaban J connectivity index is 1.82. The summed E-state index contributed by atoms with van der Waals surface area (Å²) in [5.41, 5.74) is 1.47. The second kappa shape index (κ2) is 5.94. The van der Waals surface area contributed by atoms with E-state index in [4.69, 9.17) is 0 Å². The van der Waals surface area contributed by atoms with E-state index in [0.29, 0.717) is 19.5 Å². The SMILES string of the molecule is Cc1cc(CN2CCc3nc(C(F)(F)F)[nH]c(=O)c3C2)ccc1O. The number of rotatable bonds is 2. The summed E-state index contributed by atoms with van der Waals surface area (Å²) < 4.78 is 38.1. The van der Waals surface area contributed by atoms with E-state index < -0.39 is 17.6 Å². The maximum Gasteiger partial charge on any atom is 0.449 e. The molecule has 1 aliphatic rings. The Morgan fingerprint density at radius 3 is 2.79 bits per heavy atom. The van der Waals surface area contributed by atoms with Crippen LogP contribution in [-0.2, 0) is 25.7 Å². The Kier molecular flexibility index (Phi) is 4.08. The maximum atomic E-state index is 12.7. The molecule has 0 atom stereocenters. The van der Waals surface area contributed by atoms with E-state index in [1.54, 1.807) is 19.1 Å². The van der Waals surface area contributed by atoms with Gasteiger partial charge >= 0.3 is 6.18 Å². The van der Waals surface area contributed by atoms with Gasteiger partial charge in [-0.05, 0) is 24.1 Å². The highest BCUT2D eigenvalue weighted by Crippen LogP contribution is 2.27. The zero-order valence-electron chi connectivity index (χ0n) is 12.9. The molecule has 8 heteroatoms. The standard InChI is InChI=1S/C16H16F3N3O2/c1-9-6-10(2-3-13(9)23)7-22-5-4-12-11(8-22)14(24)21-15(20-12)16(17,18)19/h2-3,6,23H,4-5,7-8H2,1H3,(H,20,21,24). The van der Waals surface area contributed by atoms with Crippen molar-refractivity contribution in [3.63, 3.8) is 0 Å². The first-order valence-electron chi connectivity index (χ1n) is 7.44. The normalized spacial score (nSPS) is 15.3. The molecule has 0 fully saturated rings. The van der Waals surface area contributed by atoms with E-state index in [-0.39, 0.29) is 23.6 Å². The molecule has 0 unspecified atom stereocenters. The van der Waals surface area contributed by atoms with Crippen molar-refractivity contribution in [3.8, 4) is 5.75 Å². The third-order valence-electron chi connectivity index (χ3n) is 4.08. The first kappa shape index (κ1) is 16.5. The summed E-state index contributed by atoms with van der Waals surface area (Å²) >= 11 is 0. The van der Waals surface area contributed by atoms with Gasteiger partial charge in [0.1, 0.15) is 5.75 Å². The van der Waals surface area contributed by atoms with Crippen LogP contribution in [-0.4, -0.2) is 26.5 Å². The van der Waals surface area contributed by atoms with Gasteiger partial charge in [0.05, 0.1) is 11.3 Å². The van der Waals surface area contributed by atoms with Crippen LogP contribution in [0.4, 0.5) is 13.2 Å². The smallest absolute Gasteiger partial charge is 0.449 e. The van der Waals surface area contributed by atoms with Crippen molar-refractivity contribution in [2.75, 3.05) is 6.54 Å². The van der Waals surface area contributed by atoms with E-state index >= 15 is 0 Å². The molecule has 0 spiro atoms. The number of fused-ring (bicyclic) bond motifs is 1. The highest BCUT2D eigenvalue weighted by molar-refractivity contribution is 5.35. The minimum Gasteiger partial charge on any atom is -0.508 e. The predicted molar refractivity (Wildman–Crippen MR) is 80.5 cm³/mol. The van der Waals surface area contributed by atoms with E-state index in [1.165, 1.54) is 0 Å². The molecule has 0 saturated heterocycles. The van der Waals surface area contributed by atoms with Crippen LogP contribution in [0.25, 0.3) is 0 Å². The molecule has 5 nitrogen and oxygen atoms in total. The van der Waals surface area contributed by atoms with Gasteiger partial charge in [-0.3, -0.25) is 9.69 Å². The summed E-state index contributed by atoms with van der Waals surface area (Å²) in [7, 11) is 0. The van der Waals surface area contributed by atoms with Crippen LogP contribution in [0, 0.1) is 6.92 Å². The third kappa shape index (κ3) is 3.28. The van der Waals surface area contributed by atoms with Crippen LogP contribution in [0.3, 0.4) is 0 Å². The number of phenolic OH excluding ortho intramolecular Hbond substituents is 1. The minimum atomic E-state index is -4.66. The third-order valence-corrected chi connectivity index (χ3v) is 4.08. The monoisotopic (exact) mass is 339 g/mol. The van der Waals surface area contributed by atoms with Gasteiger partial charge in [-0.2, -0.15) is 13.2 Å². The fraction of sp³-hybridized carbons (Fsp3) is 0.375. The molecule has 128 valence electrons. The average Bonchev–Trinajstić information content (AvgIpc) is 2.50. The maximum absolute atomic E-state index is 12.7. The molecule has 24 heavy (non-hydrogen) atoms. The number of benzene rings is 1. The Hall–Kier alpha value is -2.35. The molecule has 1 aromatic carbocycles. The first-order chi connectivity index (χ1) is 11.2. The molecular weight excluding hydrogens is 323 g/mol. The predicted octanol–water partition coefficient (Wildman–Crippen LogP) is 2.36. The molecule has 0 saturated carbocycles. The van der Waals surface area contributed by atoms with Crippen LogP contribution < -0.4 is 5.56 Å². The van der Waals surface area contributed by atoms with Gasteiger partial charge in [0.25, 0.3) is 5.56 Å². The van der Waals surface area contributed by atoms with Gasteiger partial charge in [0, 0.05) is 26.1 Å².